The van der Waals surface area contributed by atoms with Gasteiger partial charge in [-0.1, -0.05) is 26.3 Å². The number of hydrogen-bond donors (Lipinski definition) is 1. The highest BCUT2D eigenvalue weighted by Gasteiger charge is 2.24. The molecule has 0 bridgehead atoms. The zero-order valence-electron chi connectivity index (χ0n) is 12.3. The predicted octanol–water partition coefficient (Wildman–Crippen LogP) is 2.99. The molecule has 0 aliphatic carbocycles. The first-order chi connectivity index (χ1) is 9.24. The summed E-state index contributed by atoms with van der Waals surface area (Å²) in [7, 11) is 0. The number of nitrogens with two attached hydrogens (primary N) is 1. The van der Waals surface area contributed by atoms with Crippen LogP contribution in [0.4, 0.5) is 5.82 Å². The van der Waals surface area contributed by atoms with Crippen LogP contribution in [0.2, 0.25) is 0 Å². The minimum absolute atomic E-state index is 0.247. The number of nitrogens with zero attached hydrogens (tertiary/aromatic N) is 2. The fourth-order valence-electron chi connectivity index (χ4n) is 2.97. The van der Waals surface area contributed by atoms with Gasteiger partial charge in [0.05, 0.1) is 0 Å². The van der Waals surface area contributed by atoms with E-state index in [0.717, 1.165) is 25.3 Å². The van der Waals surface area contributed by atoms with Crippen molar-refractivity contribution in [3.05, 3.63) is 23.9 Å². The van der Waals surface area contributed by atoms with Crippen molar-refractivity contribution in [1.29, 1.82) is 0 Å². The molecule has 19 heavy (non-hydrogen) atoms. The second-order valence-electron chi connectivity index (χ2n) is 5.75. The van der Waals surface area contributed by atoms with Gasteiger partial charge in [-0.3, -0.25) is 0 Å². The lowest BCUT2D eigenvalue weighted by Gasteiger charge is -2.22. The van der Waals surface area contributed by atoms with Crippen molar-refractivity contribution in [2.24, 2.45) is 11.7 Å². The van der Waals surface area contributed by atoms with Crippen molar-refractivity contribution < 1.29 is 0 Å². The zero-order chi connectivity index (χ0) is 13.7. The number of pyridine rings is 1. The summed E-state index contributed by atoms with van der Waals surface area (Å²) in [6.45, 7) is 6.73. The number of rotatable bonds is 6. The summed E-state index contributed by atoms with van der Waals surface area (Å²) >= 11 is 0. The summed E-state index contributed by atoms with van der Waals surface area (Å²) in [4.78, 5) is 7.07. The molecule has 2 unspecified atom stereocenters. The van der Waals surface area contributed by atoms with Crippen LogP contribution in [0.1, 0.15) is 45.1 Å². The average molecular weight is 261 g/mol. The highest BCUT2D eigenvalue weighted by Crippen LogP contribution is 2.28. The van der Waals surface area contributed by atoms with E-state index >= 15 is 0 Å². The van der Waals surface area contributed by atoms with Crippen LogP contribution < -0.4 is 10.6 Å². The first-order valence-corrected chi connectivity index (χ1v) is 7.69. The monoisotopic (exact) mass is 261 g/mol. The summed E-state index contributed by atoms with van der Waals surface area (Å²) in [5.74, 6) is 2.02. The molecule has 106 valence electrons. The molecule has 1 saturated heterocycles. The van der Waals surface area contributed by atoms with Gasteiger partial charge >= 0.3 is 0 Å². The van der Waals surface area contributed by atoms with Crippen LogP contribution in [0.25, 0.3) is 0 Å². The highest BCUT2D eigenvalue weighted by atomic mass is 15.2. The molecule has 2 N–H and O–H groups in total. The van der Waals surface area contributed by atoms with Gasteiger partial charge in [0.25, 0.3) is 0 Å². The third kappa shape index (κ3) is 3.69. The summed E-state index contributed by atoms with van der Waals surface area (Å²) in [5.41, 5.74) is 7.42. The quantitative estimate of drug-likeness (QED) is 0.856. The smallest absolute Gasteiger partial charge is 0.131 e. The molecule has 1 aliphatic heterocycles. The van der Waals surface area contributed by atoms with E-state index in [0.29, 0.717) is 0 Å². The molecule has 0 spiro atoms. The van der Waals surface area contributed by atoms with Crippen molar-refractivity contribution in [1.82, 2.24) is 4.98 Å². The van der Waals surface area contributed by atoms with E-state index < -0.39 is 0 Å². The average Bonchev–Trinajstić information content (AvgIpc) is 2.88. The Morgan fingerprint density at radius 3 is 3.05 bits per heavy atom. The van der Waals surface area contributed by atoms with Crippen LogP contribution in [-0.4, -0.2) is 24.1 Å². The zero-order valence-corrected chi connectivity index (χ0v) is 12.3. The van der Waals surface area contributed by atoms with Crippen LogP contribution in [0, 0.1) is 5.92 Å². The van der Waals surface area contributed by atoms with Gasteiger partial charge in [-0.05, 0) is 43.2 Å². The van der Waals surface area contributed by atoms with Crippen LogP contribution in [0.3, 0.4) is 0 Å². The Hall–Kier alpha value is -1.09. The molecular formula is C16H27N3. The Bertz CT molecular complexity index is 391. The molecule has 3 nitrogen and oxygen atoms in total. The molecule has 1 aromatic rings. The largest absolute Gasteiger partial charge is 0.356 e. The van der Waals surface area contributed by atoms with Gasteiger partial charge in [-0.2, -0.15) is 0 Å². The predicted molar refractivity (Wildman–Crippen MR) is 81.4 cm³/mol. The fourth-order valence-corrected chi connectivity index (χ4v) is 2.97. The highest BCUT2D eigenvalue weighted by molar-refractivity contribution is 5.48. The molecule has 1 fully saturated rings. The molecular weight excluding hydrogens is 234 g/mol. The van der Waals surface area contributed by atoms with Gasteiger partial charge in [0.15, 0.2) is 0 Å². The molecule has 0 amide bonds. The van der Waals surface area contributed by atoms with E-state index in [1.54, 1.807) is 0 Å². The lowest BCUT2D eigenvalue weighted by atomic mass is 10.0. The lowest BCUT2D eigenvalue weighted by molar-refractivity contribution is 0.529. The van der Waals surface area contributed by atoms with E-state index in [1.165, 1.54) is 37.2 Å². The standard InChI is InChI=1S/C16H27N3/c1-3-6-13-8-10-19(12-13)16-14(7-5-9-18-16)11-15(17)4-2/h5,7,9,13,15H,3-4,6,8,10-12,17H2,1-2H3. The minimum Gasteiger partial charge on any atom is -0.356 e. The van der Waals surface area contributed by atoms with Crippen molar-refractivity contribution in [2.75, 3.05) is 18.0 Å². The molecule has 3 heteroatoms. The van der Waals surface area contributed by atoms with Crippen LogP contribution in [0.15, 0.2) is 18.3 Å². The first-order valence-electron chi connectivity index (χ1n) is 7.69. The normalized spacial score (nSPS) is 20.8. The Morgan fingerprint density at radius 1 is 1.47 bits per heavy atom. The van der Waals surface area contributed by atoms with Crippen LogP contribution in [0.5, 0.6) is 0 Å². The molecule has 0 radical (unpaired) electrons. The van der Waals surface area contributed by atoms with E-state index in [4.69, 9.17) is 5.73 Å². The van der Waals surface area contributed by atoms with Crippen molar-refractivity contribution in [2.45, 2.75) is 52.0 Å². The lowest BCUT2D eigenvalue weighted by Crippen LogP contribution is -2.26. The molecule has 2 atom stereocenters. The molecule has 0 saturated carbocycles. The molecule has 1 aromatic heterocycles. The van der Waals surface area contributed by atoms with Gasteiger partial charge in [-0.25, -0.2) is 4.98 Å². The maximum Gasteiger partial charge on any atom is 0.131 e. The summed E-state index contributed by atoms with van der Waals surface area (Å²) < 4.78 is 0. The van der Waals surface area contributed by atoms with Gasteiger partial charge in [-0.15, -0.1) is 0 Å². The van der Waals surface area contributed by atoms with Crippen LogP contribution in [-0.2, 0) is 6.42 Å². The fraction of sp³-hybridized carbons (Fsp3) is 0.688. The van der Waals surface area contributed by atoms with E-state index in [-0.39, 0.29) is 6.04 Å². The second kappa shape index (κ2) is 6.90. The molecule has 1 aliphatic rings. The van der Waals surface area contributed by atoms with Crippen molar-refractivity contribution >= 4 is 5.82 Å². The van der Waals surface area contributed by atoms with Crippen LogP contribution >= 0.6 is 0 Å². The maximum absolute atomic E-state index is 6.10. The van der Waals surface area contributed by atoms with Crippen molar-refractivity contribution in [3.63, 3.8) is 0 Å². The summed E-state index contributed by atoms with van der Waals surface area (Å²) in [6.07, 6.45) is 7.80. The van der Waals surface area contributed by atoms with Crippen molar-refractivity contribution in [3.8, 4) is 0 Å². The maximum atomic E-state index is 6.10. The first kappa shape index (κ1) is 14.3. The second-order valence-corrected chi connectivity index (χ2v) is 5.75. The number of aromatic nitrogens is 1. The summed E-state index contributed by atoms with van der Waals surface area (Å²) in [5, 5.41) is 0. The van der Waals surface area contributed by atoms with E-state index in [9.17, 15) is 0 Å². The third-order valence-corrected chi connectivity index (χ3v) is 4.16. The van der Waals surface area contributed by atoms with Gasteiger partial charge in [0.1, 0.15) is 5.82 Å². The Balaban J connectivity index is 2.07. The Morgan fingerprint density at radius 2 is 2.32 bits per heavy atom. The van der Waals surface area contributed by atoms with Gasteiger partial charge in [0, 0.05) is 25.3 Å². The Labute approximate surface area is 117 Å². The Kier molecular flexibility index (Phi) is 5.20. The molecule has 2 rings (SSSR count). The number of anilines is 1. The van der Waals surface area contributed by atoms with Gasteiger partial charge < -0.3 is 10.6 Å². The van der Waals surface area contributed by atoms with Gasteiger partial charge in [0.2, 0.25) is 0 Å². The third-order valence-electron chi connectivity index (χ3n) is 4.16. The van der Waals surface area contributed by atoms with E-state index in [1.807, 2.05) is 12.3 Å². The molecule has 2 heterocycles. The summed E-state index contributed by atoms with van der Waals surface area (Å²) in [6, 6.07) is 4.46. The topological polar surface area (TPSA) is 42.2 Å². The minimum atomic E-state index is 0.247. The SMILES string of the molecule is CCCC1CCN(c2ncccc2CC(N)CC)C1. The number of hydrogen-bond acceptors (Lipinski definition) is 3. The molecule has 0 aromatic carbocycles. The van der Waals surface area contributed by atoms with E-state index in [2.05, 4.69) is 29.8 Å².